The largest absolute Gasteiger partial charge is 0.446 e. The normalized spacial score (nSPS) is 24.0. The van der Waals surface area contributed by atoms with Crippen molar-refractivity contribution < 1.29 is 28.2 Å². The molecule has 9 nitrogen and oxygen atoms in total. The molecule has 0 aromatic heterocycles. The fraction of sp³-hybridized carbons (Fsp3) is 0.444. The number of nitrogens with one attached hydrogen (secondary N) is 1. The van der Waals surface area contributed by atoms with Crippen LogP contribution in [0.1, 0.15) is 30.0 Å². The summed E-state index contributed by atoms with van der Waals surface area (Å²) in [5.41, 5.74) is 1.85. The molecule has 2 aromatic carbocycles. The van der Waals surface area contributed by atoms with E-state index >= 15 is 0 Å². The van der Waals surface area contributed by atoms with Gasteiger partial charge in [0.15, 0.2) is 11.6 Å². The fourth-order valence-electron chi connectivity index (χ4n) is 5.45. The number of imide groups is 1. The number of halogens is 2. The Bertz CT molecular complexity index is 1250. The average molecular weight is 526 g/mol. The molecule has 3 saturated heterocycles. The average Bonchev–Trinajstić information content (AvgIpc) is 3.51. The van der Waals surface area contributed by atoms with E-state index in [4.69, 9.17) is 4.74 Å². The molecule has 3 amide bonds. The van der Waals surface area contributed by atoms with Gasteiger partial charge < -0.3 is 25.0 Å². The first-order valence-corrected chi connectivity index (χ1v) is 12.7. The number of nitrogens with zero attached hydrogens (tertiary/aromatic N) is 4. The van der Waals surface area contributed by atoms with Crippen molar-refractivity contribution in [3.8, 4) is 6.07 Å². The molecule has 0 saturated carbocycles. The number of benzene rings is 2. The Labute approximate surface area is 219 Å². The van der Waals surface area contributed by atoms with Gasteiger partial charge in [-0.2, -0.15) is 5.26 Å². The minimum absolute atomic E-state index is 0.0584. The Morgan fingerprint density at radius 2 is 1.89 bits per heavy atom. The molecule has 3 fully saturated rings. The van der Waals surface area contributed by atoms with E-state index < -0.39 is 35.9 Å². The lowest BCUT2D eigenvalue weighted by Gasteiger charge is -2.35. The lowest BCUT2D eigenvalue weighted by molar-refractivity contribution is 0.130. The lowest BCUT2D eigenvalue weighted by atomic mass is 10.0. The summed E-state index contributed by atoms with van der Waals surface area (Å²) in [6.45, 7) is 2.25. The smallest absolute Gasteiger partial charge is 0.418 e. The highest BCUT2D eigenvalue weighted by atomic mass is 19.2. The van der Waals surface area contributed by atoms with Crippen LogP contribution in [0.2, 0.25) is 0 Å². The van der Waals surface area contributed by atoms with Gasteiger partial charge in [0, 0.05) is 44.7 Å². The molecule has 3 heterocycles. The number of para-hydroxylation sites is 1. The van der Waals surface area contributed by atoms with Gasteiger partial charge in [-0.3, -0.25) is 0 Å². The van der Waals surface area contributed by atoms with Gasteiger partial charge in [-0.1, -0.05) is 18.2 Å². The van der Waals surface area contributed by atoms with E-state index in [1.54, 1.807) is 0 Å². The number of carbonyl (C=O) groups excluding carboxylic acids is 2. The van der Waals surface area contributed by atoms with Crippen LogP contribution in [0.5, 0.6) is 0 Å². The predicted octanol–water partition coefficient (Wildman–Crippen LogP) is 3.00. The second kappa shape index (κ2) is 10.9. The van der Waals surface area contributed by atoms with Crippen molar-refractivity contribution in [1.82, 2.24) is 15.1 Å². The maximum Gasteiger partial charge on any atom is 0.418 e. The van der Waals surface area contributed by atoms with Crippen molar-refractivity contribution in [2.24, 2.45) is 5.92 Å². The Hall–Kier alpha value is -3.75. The number of amides is 3. The number of nitriles is 1. The molecule has 3 aliphatic heterocycles. The summed E-state index contributed by atoms with van der Waals surface area (Å²) in [6, 6.07) is 11.8. The third kappa shape index (κ3) is 5.14. The molecule has 200 valence electrons. The highest BCUT2D eigenvalue weighted by molar-refractivity contribution is 5.93. The Balaban J connectivity index is 1.15. The number of aliphatic hydroxyl groups excluding tert-OH is 1. The number of ether oxygens (including phenoxy) is 1. The van der Waals surface area contributed by atoms with Crippen molar-refractivity contribution in [2.45, 2.75) is 31.0 Å². The molecule has 0 bridgehead atoms. The predicted molar refractivity (Wildman–Crippen MR) is 133 cm³/mol. The molecule has 0 spiro atoms. The van der Waals surface area contributed by atoms with Crippen LogP contribution in [0, 0.1) is 28.9 Å². The monoisotopic (exact) mass is 525 g/mol. The van der Waals surface area contributed by atoms with E-state index in [2.05, 4.69) is 16.3 Å². The maximum absolute atomic E-state index is 13.8. The van der Waals surface area contributed by atoms with E-state index in [1.807, 2.05) is 24.3 Å². The van der Waals surface area contributed by atoms with Gasteiger partial charge in [-0.05, 0) is 42.7 Å². The first-order chi connectivity index (χ1) is 18.4. The van der Waals surface area contributed by atoms with Gasteiger partial charge in [0.1, 0.15) is 18.7 Å². The number of anilines is 1. The number of hydrogen-bond donors (Lipinski definition) is 2. The second-order valence-electron chi connectivity index (χ2n) is 9.95. The minimum atomic E-state index is -1.07. The van der Waals surface area contributed by atoms with Crippen molar-refractivity contribution in [3.63, 3.8) is 0 Å². The molecule has 2 unspecified atom stereocenters. The molecule has 5 rings (SSSR count). The quantitative estimate of drug-likeness (QED) is 0.618. The van der Waals surface area contributed by atoms with Gasteiger partial charge >= 0.3 is 12.1 Å². The number of urea groups is 1. The summed E-state index contributed by atoms with van der Waals surface area (Å²) in [6.07, 6.45) is 0.126. The van der Waals surface area contributed by atoms with Gasteiger partial charge in [-0.25, -0.2) is 23.3 Å². The summed E-state index contributed by atoms with van der Waals surface area (Å²) < 4.78 is 32.2. The molecule has 2 N–H and O–H groups in total. The molecule has 3 aliphatic rings. The highest BCUT2D eigenvalue weighted by Gasteiger charge is 2.44. The maximum atomic E-state index is 13.8. The summed E-state index contributed by atoms with van der Waals surface area (Å²) in [7, 11) is 0. The standard InChI is InChI=1S/C27H29F2N5O4/c28-21-6-5-17(11-22(21)29)24-16-38-27(37)34(24)26(36)33-14-19(25(35)15-33)13-31-20-7-9-32(10-8-20)23-4-2-1-3-18(23)12-30/h1-6,11,19-20,24-25,31,35H,7-10,13-16H2/t19-,24?,25?/m0/s1. The Morgan fingerprint density at radius 3 is 2.63 bits per heavy atom. The van der Waals surface area contributed by atoms with Crippen LogP contribution in [0.3, 0.4) is 0 Å². The Morgan fingerprint density at radius 1 is 1.13 bits per heavy atom. The molecule has 0 radical (unpaired) electrons. The third-order valence-corrected chi connectivity index (χ3v) is 7.61. The van der Waals surface area contributed by atoms with E-state index in [0.29, 0.717) is 12.1 Å². The van der Waals surface area contributed by atoms with Gasteiger partial charge in [0.2, 0.25) is 0 Å². The number of carbonyl (C=O) groups is 2. The van der Waals surface area contributed by atoms with Gasteiger partial charge in [-0.15, -0.1) is 0 Å². The van der Waals surface area contributed by atoms with E-state index in [0.717, 1.165) is 48.7 Å². The number of rotatable bonds is 5. The van der Waals surface area contributed by atoms with Crippen LogP contribution in [0.25, 0.3) is 0 Å². The number of cyclic esters (lactones) is 1. The van der Waals surface area contributed by atoms with Crippen LogP contribution in [-0.4, -0.2) is 78.5 Å². The van der Waals surface area contributed by atoms with Crippen LogP contribution < -0.4 is 10.2 Å². The summed E-state index contributed by atoms with van der Waals surface area (Å²) in [5, 5.41) is 23.5. The number of β-amino-alcohol motifs (C(OH)–C–C–N with tert-alkyl or cyclic N) is 1. The van der Waals surface area contributed by atoms with Crippen LogP contribution in [0.4, 0.5) is 24.1 Å². The molecule has 38 heavy (non-hydrogen) atoms. The number of likely N-dealkylation sites (tertiary alicyclic amines) is 1. The Kier molecular flexibility index (Phi) is 7.44. The van der Waals surface area contributed by atoms with Crippen molar-refractivity contribution in [1.29, 1.82) is 5.26 Å². The van der Waals surface area contributed by atoms with Crippen molar-refractivity contribution in [2.75, 3.05) is 44.2 Å². The molecule has 0 aliphatic carbocycles. The zero-order valence-corrected chi connectivity index (χ0v) is 20.7. The summed E-state index contributed by atoms with van der Waals surface area (Å²) in [4.78, 5) is 30.1. The lowest BCUT2D eigenvalue weighted by Crippen LogP contribution is -2.45. The summed E-state index contributed by atoms with van der Waals surface area (Å²) in [5.74, 6) is -2.32. The SMILES string of the molecule is N#Cc1ccccc1N1CCC(NC[C@H]2CN(C(=O)N3C(=O)OCC3c3ccc(F)c(F)c3)CC2O)CC1. The molecule has 3 atom stereocenters. The zero-order valence-electron chi connectivity index (χ0n) is 20.7. The minimum Gasteiger partial charge on any atom is -0.446 e. The third-order valence-electron chi connectivity index (χ3n) is 7.61. The second-order valence-corrected chi connectivity index (χ2v) is 9.95. The van der Waals surface area contributed by atoms with Gasteiger partial charge in [0.05, 0.1) is 17.4 Å². The molecular weight excluding hydrogens is 496 g/mol. The molecule has 2 aromatic rings. The zero-order chi connectivity index (χ0) is 26.8. The van der Waals surface area contributed by atoms with Gasteiger partial charge in [0.25, 0.3) is 0 Å². The van der Waals surface area contributed by atoms with Crippen LogP contribution in [0.15, 0.2) is 42.5 Å². The van der Waals surface area contributed by atoms with Crippen LogP contribution >= 0.6 is 0 Å². The summed E-state index contributed by atoms with van der Waals surface area (Å²) >= 11 is 0. The topological polar surface area (TPSA) is 109 Å². The fourth-order valence-corrected chi connectivity index (χ4v) is 5.45. The van der Waals surface area contributed by atoms with E-state index in [-0.39, 0.29) is 37.2 Å². The first-order valence-electron chi connectivity index (χ1n) is 12.7. The van der Waals surface area contributed by atoms with Crippen LogP contribution in [-0.2, 0) is 4.74 Å². The first kappa shape index (κ1) is 25.9. The van der Waals surface area contributed by atoms with E-state index in [9.17, 15) is 28.7 Å². The number of aliphatic hydroxyl groups is 1. The molecular formula is C27H29F2N5O4. The number of hydrogen-bond acceptors (Lipinski definition) is 7. The highest BCUT2D eigenvalue weighted by Crippen LogP contribution is 2.31. The van der Waals surface area contributed by atoms with Crippen molar-refractivity contribution in [3.05, 3.63) is 65.2 Å². The van der Waals surface area contributed by atoms with Crippen molar-refractivity contribution >= 4 is 17.8 Å². The number of piperidine rings is 1. The molecule has 11 heteroatoms. The van der Waals surface area contributed by atoms with E-state index in [1.165, 1.54) is 11.0 Å².